The van der Waals surface area contributed by atoms with Gasteiger partial charge in [0.15, 0.2) is 0 Å². The van der Waals surface area contributed by atoms with E-state index in [1.807, 2.05) is 4.90 Å². The molecule has 1 aromatic carbocycles. The number of hydrogen-bond donors (Lipinski definition) is 0. The van der Waals surface area contributed by atoms with E-state index in [9.17, 15) is 13.2 Å². The van der Waals surface area contributed by atoms with E-state index in [1.165, 1.54) is 16.4 Å². The van der Waals surface area contributed by atoms with Gasteiger partial charge in [-0.05, 0) is 49.9 Å². The highest BCUT2D eigenvalue weighted by Crippen LogP contribution is 2.20. The quantitative estimate of drug-likeness (QED) is 0.809. The number of ether oxygens (including phenoxy) is 1. The van der Waals surface area contributed by atoms with Crippen molar-refractivity contribution in [2.24, 2.45) is 0 Å². The van der Waals surface area contributed by atoms with Crippen molar-refractivity contribution in [1.82, 2.24) is 9.21 Å². The summed E-state index contributed by atoms with van der Waals surface area (Å²) in [6.45, 7) is 2.62. The molecule has 3 rings (SSSR count). The Morgan fingerprint density at radius 2 is 1.88 bits per heavy atom. The highest BCUT2D eigenvalue weighted by Gasteiger charge is 2.26. The van der Waals surface area contributed by atoms with E-state index in [0.717, 1.165) is 38.8 Å². The Bertz CT molecular complexity index is 675. The van der Waals surface area contributed by atoms with Crippen molar-refractivity contribution in [3.05, 3.63) is 29.8 Å². The van der Waals surface area contributed by atoms with Gasteiger partial charge in [0.1, 0.15) is 0 Å². The van der Waals surface area contributed by atoms with Crippen molar-refractivity contribution in [3.8, 4) is 0 Å². The average molecular weight is 352 g/mol. The summed E-state index contributed by atoms with van der Waals surface area (Å²) < 4.78 is 32.1. The third kappa shape index (κ3) is 3.63. The Labute approximate surface area is 143 Å². The first-order valence-electron chi connectivity index (χ1n) is 8.46. The number of nitrogens with zero attached hydrogens (tertiary/aromatic N) is 2. The summed E-state index contributed by atoms with van der Waals surface area (Å²) in [5.74, 6) is -0.0239. The van der Waals surface area contributed by atoms with E-state index < -0.39 is 10.0 Å². The molecule has 2 fully saturated rings. The standard InChI is InChI=1S/C17H24N2O4S/c1-18(13-15-5-4-12-23-15)24(21,22)16-8-6-14(7-9-16)17(20)19-10-2-3-11-19/h6-9,15H,2-5,10-13H2,1H3/t15-/m0/s1. The molecular formula is C17H24N2O4S. The minimum Gasteiger partial charge on any atom is -0.377 e. The molecule has 1 amide bonds. The maximum Gasteiger partial charge on any atom is 0.253 e. The van der Waals surface area contributed by atoms with Gasteiger partial charge >= 0.3 is 0 Å². The fraction of sp³-hybridized carbons (Fsp3) is 0.588. The van der Waals surface area contributed by atoms with Crippen LogP contribution in [-0.2, 0) is 14.8 Å². The molecule has 2 heterocycles. The number of benzene rings is 1. The van der Waals surface area contributed by atoms with Gasteiger partial charge in [-0.25, -0.2) is 8.42 Å². The number of sulfonamides is 1. The molecule has 6 nitrogen and oxygen atoms in total. The van der Waals surface area contributed by atoms with Gasteiger partial charge < -0.3 is 9.64 Å². The van der Waals surface area contributed by atoms with Crippen molar-refractivity contribution < 1.29 is 17.9 Å². The molecule has 1 aromatic rings. The molecule has 2 saturated heterocycles. The molecule has 24 heavy (non-hydrogen) atoms. The van der Waals surface area contributed by atoms with Crippen LogP contribution >= 0.6 is 0 Å². The van der Waals surface area contributed by atoms with Crippen molar-refractivity contribution in [3.63, 3.8) is 0 Å². The molecule has 0 N–H and O–H groups in total. The van der Waals surface area contributed by atoms with Gasteiger partial charge in [-0.15, -0.1) is 0 Å². The number of carbonyl (C=O) groups is 1. The van der Waals surface area contributed by atoms with Crippen LogP contribution in [0.1, 0.15) is 36.0 Å². The molecule has 2 aliphatic rings. The second kappa shape index (κ2) is 7.21. The lowest BCUT2D eigenvalue weighted by atomic mass is 10.2. The van der Waals surface area contributed by atoms with Crippen LogP contribution in [0.5, 0.6) is 0 Å². The van der Waals surface area contributed by atoms with E-state index >= 15 is 0 Å². The van der Waals surface area contributed by atoms with Crippen LogP contribution in [0.15, 0.2) is 29.2 Å². The monoisotopic (exact) mass is 352 g/mol. The lowest BCUT2D eigenvalue weighted by Gasteiger charge is -2.21. The van der Waals surface area contributed by atoms with E-state index in [0.29, 0.717) is 18.7 Å². The van der Waals surface area contributed by atoms with Crippen LogP contribution in [-0.4, -0.2) is 62.9 Å². The largest absolute Gasteiger partial charge is 0.377 e. The molecule has 7 heteroatoms. The van der Waals surface area contributed by atoms with Gasteiger partial charge in [-0.2, -0.15) is 4.31 Å². The van der Waals surface area contributed by atoms with Crippen LogP contribution in [0.3, 0.4) is 0 Å². The van der Waals surface area contributed by atoms with Gasteiger partial charge in [0, 0.05) is 38.9 Å². The Morgan fingerprint density at radius 3 is 2.46 bits per heavy atom. The first-order valence-corrected chi connectivity index (χ1v) is 9.90. The Kier molecular flexibility index (Phi) is 5.22. The smallest absolute Gasteiger partial charge is 0.253 e. The Balaban J connectivity index is 1.70. The summed E-state index contributed by atoms with van der Waals surface area (Å²) in [6.07, 6.45) is 3.91. The highest BCUT2D eigenvalue weighted by atomic mass is 32.2. The first-order chi connectivity index (χ1) is 11.5. The molecule has 0 aliphatic carbocycles. The predicted octanol–water partition coefficient (Wildman–Crippen LogP) is 1.72. The number of carbonyl (C=O) groups excluding carboxylic acids is 1. The molecule has 132 valence electrons. The molecule has 0 aromatic heterocycles. The normalized spacial score (nSPS) is 21.6. The summed E-state index contributed by atoms with van der Waals surface area (Å²) >= 11 is 0. The molecule has 0 unspecified atom stereocenters. The van der Waals surface area contributed by atoms with Crippen LogP contribution in [0, 0.1) is 0 Å². The first kappa shape index (κ1) is 17.4. The SMILES string of the molecule is CN(C[C@@H]1CCCO1)S(=O)(=O)c1ccc(C(=O)N2CCCC2)cc1. The van der Waals surface area contributed by atoms with Gasteiger partial charge in [-0.3, -0.25) is 4.79 Å². The molecular weight excluding hydrogens is 328 g/mol. The second-order valence-corrected chi connectivity index (χ2v) is 8.49. The van der Waals surface area contributed by atoms with E-state index in [2.05, 4.69) is 0 Å². The van der Waals surface area contributed by atoms with Crippen LogP contribution in [0.25, 0.3) is 0 Å². The van der Waals surface area contributed by atoms with E-state index in [1.54, 1.807) is 19.2 Å². The third-order valence-electron chi connectivity index (χ3n) is 4.69. The average Bonchev–Trinajstić information content (AvgIpc) is 3.28. The third-order valence-corrected chi connectivity index (χ3v) is 6.53. The van der Waals surface area contributed by atoms with Gasteiger partial charge in [0.2, 0.25) is 10.0 Å². The van der Waals surface area contributed by atoms with Crippen LogP contribution < -0.4 is 0 Å². The fourth-order valence-corrected chi connectivity index (χ4v) is 4.43. The zero-order chi connectivity index (χ0) is 17.2. The van der Waals surface area contributed by atoms with Gasteiger partial charge in [0.25, 0.3) is 5.91 Å². The van der Waals surface area contributed by atoms with Crippen LogP contribution in [0.4, 0.5) is 0 Å². The molecule has 0 saturated carbocycles. The molecule has 0 radical (unpaired) electrons. The number of likely N-dealkylation sites (N-methyl/N-ethyl adjacent to an activating group) is 1. The van der Waals surface area contributed by atoms with E-state index in [-0.39, 0.29) is 16.9 Å². The molecule has 1 atom stereocenters. The van der Waals surface area contributed by atoms with E-state index in [4.69, 9.17) is 4.74 Å². The van der Waals surface area contributed by atoms with Crippen molar-refractivity contribution in [2.45, 2.75) is 36.7 Å². The Hall–Kier alpha value is -1.44. The van der Waals surface area contributed by atoms with Gasteiger partial charge in [0.05, 0.1) is 11.0 Å². The topological polar surface area (TPSA) is 66.9 Å². The minimum absolute atomic E-state index is 0.0239. The highest BCUT2D eigenvalue weighted by molar-refractivity contribution is 7.89. The minimum atomic E-state index is -3.56. The van der Waals surface area contributed by atoms with Crippen molar-refractivity contribution >= 4 is 15.9 Å². The zero-order valence-electron chi connectivity index (χ0n) is 14.0. The number of rotatable bonds is 5. The summed E-state index contributed by atoms with van der Waals surface area (Å²) in [5, 5.41) is 0. The molecule has 0 spiro atoms. The zero-order valence-corrected chi connectivity index (χ0v) is 14.8. The number of likely N-dealkylation sites (tertiary alicyclic amines) is 1. The maximum absolute atomic E-state index is 12.6. The molecule has 0 bridgehead atoms. The lowest BCUT2D eigenvalue weighted by Crippen LogP contribution is -2.34. The van der Waals surface area contributed by atoms with Crippen molar-refractivity contribution in [1.29, 1.82) is 0 Å². The summed E-state index contributed by atoms with van der Waals surface area (Å²) in [5.41, 5.74) is 0.539. The number of hydrogen-bond acceptors (Lipinski definition) is 4. The second-order valence-electron chi connectivity index (χ2n) is 6.44. The maximum atomic E-state index is 12.6. The number of amides is 1. The summed E-state index contributed by atoms with van der Waals surface area (Å²) in [7, 11) is -1.99. The summed E-state index contributed by atoms with van der Waals surface area (Å²) in [6, 6.07) is 6.25. The van der Waals surface area contributed by atoms with Gasteiger partial charge in [-0.1, -0.05) is 0 Å². The van der Waals surface area contributed by atoms with Crippen LogP contribution in [0.2, 0.25) is 0 Å². The Morgan fingerprint density at radius 1 is 1.21 bits per heavy atom. The lowest BCUT2D eigenvalue weighted by molar-refractivity contribution is 0.0792. The van der Waals surface area contributed by atoms with Crippen molar-refractivity contribution in [2.75, 3.05) is 33.3 Å². The fourth-order valence-electron chi connectivity index (χ4n) is 3.23. The summed E-state index contributed by atoms with van der Waals surface area (Å²) in [4.78, 5) is 14.3. The predicted molar refractivity (Wildman–Crippen MR) is 90.4 cm³/mol. The molecule has 2 aliphatic heterocycles.